The quantitative estimate of drug-likeness (QED) is 0.508. The van der Waals surface area contributed by atoms with E-state index < -0.39 is 16.0 Å². The average Bonchev–Trinajstić information content (AvgIpc) is 2.29. The molecule has 0 bridgehead atoms. The lowest BCUT2D eigenvalue weighted by molar-refractivity contribution is -0.140. The van der Waals surface area contributed by atoms with Crippen LogP contribution < -0.4 is 16.2 Å². The number of rotatable bonds is 5. The highest BCUT2D eigenvalue weighted by atomic mass is 32.2. The number of benzene rings is 1. The fraction of sp³-hybridized carbons (Fsp3) is 0.300. The van der Waals surface area contributed by atoms with Gasteiger partial charge in [0.2, 0.25) is 10.0 Å². The predicted molar refractivity (Wildman–Crippen MR) is 67.4 cm³/mol. The van der Waals surface area contributed by atoms with Crippen LogP contribution in [0.3, 0.4) is 0 Å². The van der Waals surface area contributed by atoms with Crippen LogP contribution in [0.5, 0.6) is 0 Å². The Labute approximate surface area is 105 Å². The summed E-state index contributed by atoms with van der Waals surface area (Å²) >= 11 is 0. The summed E-state index contributed by atoms with van der Waals surface area (Å²) in [7, 11) is -2.59. The van der Waals surface area contributed by atoms with E-state index in [2.05, 4.69) is 10.1 Å². The SMILES string of the molecule is COC(=O)CCNc1ccc(N)cc1S(N)(=O)=O. The maximum Gasteiger partial charge on any atom is 0.307 e. The number of sulfonamides is 1. The highest BCUT2D eigenvalue weighted by molar-refractivity contribution is 7.89. The molecule has 1 aromatic rings. The number of ether oxygens (including phenoxy) is 1. The van der Waals surface area contributed by atoms with Gasteiger partial charge in [-0.3, -0.25) is 4.79 Å². The molecule has 0 aromatic heterocycles. The Hall–Kier alpha value is -1.80. The summed E-state index contributed by atoms with van der Waals surface area (Å²) in [6, 6.07) is 4.29. The maximum atomic E-state index is 11.3. The summed E-state index contributed by atoms with van der Waals surface area (Å²) in [4.78, 5) is 10.8. The third kappa shape index (κ3) is 3.90. The molecule has 0 amide bonds. The predicted octanol–water partition coefficient (Wildman–Crippen LogP) is -0.109. The van der Waals surface area contributed by atoms with Crippen molar-refractivity contribution < 1.29 is 17.9 Å². The molecule has 0 fully saturated rings. The zero-order chi connectivity index (χ0) is 13.8. The van der Waals surface area contributed by atoms with E-state index in [1.807, 2.05) is 0 Å². The Bertz CT molecular complexity index is 542. The highest BCUT2D eigenvalue weighted by Gasteiger charge is 2.14. The summed E-state index contributed by atoms with van der Waals surface area (Å²) in [6.07, 6.45) is 0.116. The molecule has 5 N–H and O–H groups in total. The van der Waals surface area contributed by atoms with Crippen molar-refractivity contribution in [3.8, 4) is 0 Å². The van der Waals surface area contributed by atoms with Gasteiger partial charge in [-0.05, 0) is 18.2 Å². The van der Waals surface area contributed by atoms with Crippen LogP contribution in [-0.2, 0) is 19.6 Å². The van der Waals surface area contributed by atoms with E-state index in [0.717, 1.165) is 0 Å². The lowest BCUT2D eigenvalue weighted by atomic mass is 10.3. The molecule has 100 valence electrons. The fourth-order valence-corrected chi connectivity index (χ4v) is 2.07. The van der Waals surface area contributed by atoms with Gasteiger partial charge in [-0.25, -0.2) is 13.6 Å². The lowest BCUT2D eigenvalue weighted by Crippen LogP contribution is -2.17. The van der Waals surface area contributed by atoms with Gasteiger partial charge in [-0.15, -0.1) is 0 Å². The number of anilines is 2. The number of hydrogen-bond acceptors (Lipinski definition) is 6. The van der Waals surface area contributed by atoms with Crippen molar-refractivity contribution in [2.24, 2.45) is 5.14 Å². The first-order chi connectivity index (χ1) is 8.34. The Kier molecular flexibility index (Phi) is 4.51. The van der Waals surface area contributed by atoms with Gasteiger partial charge in [0.15, 0.2) is 0 Å². The molecule has 0 radical (unpaired) electrons. The number of esters is 1. The van der Waals surface area contributed by atoms with E-state index in [9.17, 15) is 13.2 Å². The minimum Gasteiger partial charge on any atom is -0.469 e. The molecule has 0 saturated carbocycles. The van der Waals surface area contributed by atoms with Gasteiger partial charge < -0.3 is 15.8 Å². The third-order valence-electron chi connectivity index (χ3n) is 2.18. The minimum absolute atomic E-state index is 0.104. The molecule has 18 heavy (non-hydrogen) atoms. The summed E-state index contributed by atoms with van der Waals surface area (Å²) in [5.41, 5.74) is 6.09. The molecule has 0 aliphatic carbocycles. The minimum atomic E-state index is -3.87. The largest absolute Gasteiger partial charge is 0.469 e. The average molecular weight is 273 g/mol. The van der Waals surface area contributed by atoms with Crippen LogP contribution in [0.2, 0.25) is 0 Å². The summed E-state index contributed by atoms with van der Waals surface area (Å²) in [5, 5.41) is 7.87. The van der Waals surface area contributed by atoms with Crippen molar-refractivity contribution in [3.05, 3.63) is 18.2 Å². The van der Waals surface area contributed by atoms with E-state index in [4.69, 9.17) is 10.9 Å². The van der Waals surface area contributed by atoms with Crippen LogP contribution in [0.4, 0.5) is 11.4 Å². The molecule has 0 saturated heterocycles. The monoisotopic (exact) mass is 273 g/mol. The smallest absolute Gasteiger partial charge is 0.307 e. The van der Waals surface area contributed by atoms with E-state index in [1.165, 1.54) is 25.3 Å². The Morgan fingerprint density at radius 3 is 2.67 bits per heavy atom. The Balaban J connectivity index is 2.86. The van der Waals surface area contributed by atoms with Crippen LogP contribution in [-0.4, -0.2) is 28.0 Å². The van der Waals surface area contributed by atoms with Crippen molar-refractivity contribution >= 4 is 27.4 Å². The number of carbonyl (C=O) groups excluding carboxylic acids is 1. The molecule has 8 heteroatoms. The molecule has 7 nitrogen and oxygen atoms in total. The summed E-state index contributed by atoms with van der Waals surface area (Å²) < 4.78 is 27.2. The van der Waals surface area contributed by atoms with E-state index in [-0.39, 0.29) is 23.5 Å². The van der Waals surface area contributed by atoms with Gasteiger partial charge in [0.05, 0.1) is 19.2 Å². The number of nitrogens with one attached hydrogen (secondary N) is 1. The van der Waals surface area contributed by atoms with Crippen molar-refractivity contribution in [1.29, 1.82) is 0 Å². The first-order valence-electron chi connectivity index (χ1n) is 5.07. The highest BCUT2D eigenvalue weighted by Crippen LogP contribution is 2.22. The number of primary sulfonamides is 1. The van der Waals surface area contributed by atoms with Gasteiger partial charge in [-0.1, -0.05) is 0 Å². The number of methoxy groups -OCH3 is 1. The van der Waals surface area contributed by atoms with Crippen LogP contribution in [0, 0.1) is 0 Å². The molecule has 0 spiro atoms. The third-order valence-corrected chi connectivity index (χ3v) is 3.14. The van der Waals surface area contributed by atoms with Crippen LogP contribution >= 0.6 is 0 Å². The second kappa shape index (κ2) is 5.69. The summed E-state index contributed by atoms with van der Waals surface area (Å²) in [5.74, 6) is -0.393. The van der Waals surface area contributed by atoms with Crippen molar-refractivity contribution in [2.45, 2.75) is 11.3 Å². The standard InChI is InChI=1S/C10H15N3O4S/c1-17-10(14)4-5-13-8-3-2-7(11)6-9(8)18(12,15)16/h2-3,6,13H,4-5,11H2,1H3,(H2,12,15,16). The maximum absolute atomic E-state index is 11.3. The molecule has 0 aliphatic rings. The molecular formula is C10H15N3O4S. The van der Waals surface area contributed by atoms with Gasteiger partial charge in [0, 0.05) is 12.2 Å². The number of nitrogen functional groups attached to an aromatic ring is 1. The van der Waals surface area contributed by atoms with Crippen LogP contribution in [0.15, 0.2) is 23.1 Å². The van der Waals surface area contributed by atoms with Gasteiger partial charge >= 0.3 is 5.97 Å². The lowest BCUT2D eigenvalue weighted by Gasteiger charge is -2.10. The molecule has 1 aromatic carbocycles. The number of carbonyl (C=O) groups is 1. The molecule has 1 rings (SSSR count). The zero-order valence-electron chi connectivity index (χ0n) is 9.84. The van der Waals surface area contributed by atoms with Crippen LogP contribution in [0.1, 0.15) is 6.42 Å². The first kappa shape index (κ1) is 14.3. The van der Waals surface area contributed by atoms with Crippen molar-refractivity contribution in [2.75, 3.05) is 24.7 Å². The zero-order valence-corrected chi connectivity index (χ0v) is 10.7. The van der Waals surface area contributed by atoms with Gasteiger partial charge in [0.25, 0.3) is 0 Å². The molecule has 0 unspecified atom stereocenters. The van der Waals surface area contributed by atoms with Crippen molar-refractivity contribution in [1.82, 2.24) is 0 Å². The topological polar surface area (TPSA) is 125 Å². The van der Waals surface area contributed by atoms with E-state index in [1.54, 1.807) is 0 Å². The Morgan fingerprint density at radius 2 is 2.11 bits per heavy atom. The normalized spacial score (nSPS) is 11.0. The van der Waals surface area contributed by atoms with E-state index in [0.29, 0.717) is 5.69 Å². The first-order valence-corrected chi connectivity index (χ1v) is 6.62. The van der Waals surface area contributed by atoms with Crippen LogP contribution in [0.25, 0.3) is 0 Å². The molecule has 0 atom stereocenters. The van der Waals surface area contributed by atoms with Crippen molar-refractivity contribution in [3.63, 3.8) is 0 Å². The van der Waals surface area contributed by atoms with E-state index >= 15 is 0 Å². The van der Waals surface area contributed by atoms with Gasteiger partial charge in [-0.2, -0.15) is 0 Å². The Morgan fingerprint density at radius 1 is 1.44 bits per heavy atom. The fourth-order valence-electron chi connectivity index (χ4n) is 1.32. The number of nitrogens with two attached hydrogens (primary N) is 2. The number of hydrogen-bond donors (Lipinski definition) is 3. The molecular weight excluding hydrogens is 258 g/mol. The van der Waals surface area contributed by atoms with Gasteiger partial charge in [0.1, 0.15) is 4.90 Å². The molecule has 0 heterocycles. The second-order valence-corrected chi connectivity index (χ2v) is 5.08. The summed E-state index contributed by atoms with van der Waals surface area (Å²) in [6.45, 7) is 0.235. The second-order valence-electron chi connectivity index (χ2n) is 3.55. The molecule has 0 aliphatic heterocycles.